The number of carboxylic acids is 1. The molecule has 1 rings (SSSR count). The summed E-state index contributed by atoms with van der Waals surface area (Å²) >= 11 is 4.94. The van der Waals surface area contributed by atoms with Crippen LogP contribution in [0.25, 0.3) is 0 Å². The Bertz CT molecular complexity index is 366. The van der Waals surface area contributed by atoms with Crippen molar-refractivity contribution < 1.29 is 9.90 Å². The van der Waals surface area contributed by atoms with Gasteiger partial charge in [0.15, 0.2) is 0 Å². The molecule has 0 heterocycles. The molecule has 0 saturated carbocycles. The number of carbonyl (C=O) groups is 1. The van der Waals surface area contributed by atoms with Crippen molar-refractivity contribution in [2.24, 2.45) is 5.92 Å². The van der Waals surface area contributed by atoms with Gasteiger partial charge in [0.1, 0.15) is 5.25 Å². The van der Waals surface area contributed by atoms with Gasteiger partial charge in [-0.15, -0.1) is 11.8 Å². The van der Waals surface area contributed by atoms with E-state index in [0.717, 1.165) is 15.8 Å². The topological polar surface area (TPSA) is 37.3 Å². The van der Waals surface area contributed by atoms with E-state index >= 15 is 0 Å². The predicted octanol–water partition coefficient (Wildman–Crippen LogP) is 3.79. The van der Waals surface area contributed by atoms with Gasteiger partial charge >= 0.3 is 5.97 Å². The Morgan fingerprint density at radius 3 is 2.56 bits per heavy atom. The van der Waals surface area contributed by atoms with E-state index < -0.39 is 5.97 Å². The lowest BCUT2D eigenvalue weighted by Crippen LogP contribution is -2.22. The van der Waals surface area contributed by atoms with Gasteiger partial charge in [-0.05, 0) is 17.5 Å². The number of carboxylic acid groups (broad SMARTS) is 1. The van der Waals surface area contributed by atoms with Crippen LogP contribution in [0.2, 0.25) is 0 Å². The summed E-state index contributed by atoms with van der Waals surface area (Å²) in [5, 5.41) is 8.72. The fourth-order valence-corrected chi connectivity index (χ4v) is 3.09. The van der Waals surface area contributed by atoms with Crippen molar-refractivity contribution in [1.82, 2.24) is 0 Å². The van der Waals surface area contributed by atoms with Gasteiger partial charge in [0, 0.05) is 10.2 Å². The molecule has 0 aliphatic heterocycles. The lowest BCUT2D eigenvalue weighted by Gasteiger charge is -2.15. The first kappa shape index (κ1) is 13.6. The van der Waals surface area contributed by atoms with Crippen LogP contribution in [0.4, 0.5) is 0 Å². The zero-order chi connectivity index (χ0) is 12.1. The fraction of sp³-hybridized carbons (Fsp3) is 0.417. The molecule has 2 nitrogen and oxygen atoms in total. The second-order valence-corrected chi connectivity index (χ2v) is 5.89. The quantitative estimate of drug-likeness (QED) is 0.899. The van der Waals surface area contributed by atoms with E-state index in [9.17, 15) is 4.79 Å². The van der Waals surface area contributed by atoms with Crippen LogP contribution in [-0.2, 0) is 10.5 Å². The molecule has 0 spiro atoms. The van der Waals surface area contributed by atoms with Crippen molar-refractivity contribution in [3.8, 4) is 0 Å². The molecule has 1 atom stereocenters. The summed E-state index contributed by atoms with van der Waals surface area (Å²) in [5.74, 6) is 0.133. The predicted molar refractivity (Wildman–Crippen MR) is 71.7 cm³/mol. The minimum absolute atomic E-state index is 0.144. The second-order valence-electron chi connectivity index (χ2n) is 3.91. The summed E-state index contributed by atoms with van der Waals surface area (Å²) in [6.45, 7) is 3.87. The molecule has 0 aliphatic rings. The molecule has 1 unspecified atom stereocenters. The third-order valence-electron chi connectivity index (χ3n) is 2.23. The molecule has 1 aromatic rings. The van der Waals surface area contributed by atoms with Crippen LogP contribution in [0.5, 0.6) is 0 Å². The van der Waals surface area contributed by atoms with Crippen molar-refractivity contribution in [1.29, 1.82) is 0 Å². The van der Waals surface area contributed by atoms with E-state index in [2.05, 4.69) is 15.9 Å². The van der Waals surface area contributed by atoms with Crippen LogP contribution in [0.1, 0.15) is 19.4 Å². The molecular formula is C12H15BrO2S. The SMILES string of the molecule is CC(C)C(SCc1ccccc1Br)C(=O)O. The van der Waals surface area contributed by atoms with Gasteiger partial charge in [-0.1, -0.05) is 48.0 Å². The molecule has 1 N–H and O–H groups in total. The highest BCUT2D eigenvalue weighted by Crippen LogP contribution is 2.27. The van der Waals surface area contributed by atoms with E-state index in [4.69, 9.17) is 5.11 Å². The molecule has 16 heavy (non-hydrogen) atoms. The molecule has 0 amide bonds. The largest absolute Gasteiger partial charge is 0.480 e. The van der Waals surface area contributed by atoms with Gasteiger partial charge in [-0.25, -0.2) is 0 Å². The Morgan fingerprint density at radius 2 is 2.06 bits per heavy atom. The summed E-state index contributed by atoms with van der Waals surface area (Å²) in [6.07, 6.45) is 0. The van der Waals surface area contributed by atoms with Crippen LogP contribution < -0.4 is 0 Å². The molecular weight excluding hydrogens is 288 g/mol. The molecule has 0 fully saturated rings. The minimum Gasteiger partial charge on any atom is -0.480 e. The summed E-state index contributed by atoms with van der Waals surface area (Å²) in [4.78, 5) is 11.0. The Kier molecular flexibility index (Phi) is 5.35. The van der Waals surface area contributed by atoms with Crippen molar-refractivity contribution >= 4 is 33.7 Å². The first-order valence-electron chi connectivity index (χ1n) is 5.10. The van der Waals surface area contributed by atoms with Crippen LogP contribution in [0, 0.1) is 5.92 Å². The monoisotopic (exact) mass is 302 g/mol. The zero-order valence-electron chi connectivity index (χ0n) is 9.31. The smallest absolute Gasteiger partial charge is 0.316 e. The van der Waals surface area contributed by atoms with E-state index in [0.29, 0.717) is 0 Å². The van der Waals surface area contributed by atoms with Crippen LogP contribution in [0.15, 0.2) is 28.7 Å². The lowest BCUT2D eigenvalue weighted by atomic mass is 10.1. The first-order chi connectivity index (χ1) is 7.52. The molecule has 88 valence electrons. The molecule has 0 aliphatic carbocycles. The van der Waals surface area contributed by atoms with Gasteiger partial charge in [0.2, 0.25) is 0 Å². The van der Waals surface area contributed by atoms with Gasteiger partial charge in [0.25, 0.3) is 0 Å². The number of aliphatic carboxylic acids is 1. The highest BCUT2D eigenvalue weighted by Gasteiger charge is 2.21. The normalized spacial score (nSPS) is 12.8. The lowest BCUT2D eigenvalue weighted by molar-refractivity contribution is -0.137. The second kappa shape index (κ2) is 6.30. The van der Waals surface area contributed by atoms with Crippen LogP contribution in [0.3, 0.4) is 0 Å². The number of rotatable bonds is 5. The van der Waals surface area contributed by atoms with Crippen molar-refractivity contribution in [2.45, 2.75) is 24.9 Å². The third kappa shape index (κ3) is 3.83. The van der Waals surface area contributed by atoms with E-state index in [1.807, 2.05) is 38.1 Å². The molecule has 1 aromatic carbocycles. The summed E-state index contributed by atoms with van der Waals surface area (Å²) in [7, 11) is 0. The van der Waals surface area contributed by atoms with E-state index in [-0.39, 0.29) is 11.2 Å². The molecule has 4 heteroatoms. The zero-order valence-corrected chi connectivity index (χ0v) is 11.7. The van der Waals surface area contributed by atoms with E-state index in [1.54, 1.807) is 0 Å². The standard InChI is InChI=1S/C12H15BrO2S/c1-8(2)11(12(14)15)16-7-9-5-3-4-6-10(9)13/h3-6,8,11H,7H2,1-2H3,(H,14,15). The average molecular weight is 303 g/mol. The van der Waals surface area contributed by atoms with Crippen molar-refractivity contribution in [3.05, 3.63) is 34.3 Å². The highest BCUT2D eigenvalue weighted by molar-refractivity contribution is 9.10. The number of hydrogen-bond donors (Lipinski definition) is 1. The van der Waals surface area contributed by atoms with Crippen LogP contribution in [-0.4, -0.2) is 16.3 Å². The Hall–Kier alpha value is -0.480. The summed E-state index contributed by atoms with van der Waals surface area (Å²) in [6, 6.07) is 7.90. The summed E-state index contributed by atoms with van der Waals surface area (Å²) < 4.78 is 1.04. The van der Waals surface area contributed by atoms with Crippen LogP contribution >= 0.6 is 27.7 Å². The highest BCUT2D eigenvalue weighted by atomic mass is 79.9. The van der Waals surface area contributed by atoms with Gasteiger partial charge in [0.05, 0.1) is 0 Å². The Labute approximate surface area is 109 Å². The van der Waals surface area contributed by atoms with Gasteiger partial charge < -0.3 is 5.11 Å². The Morgan fingerprint density at radius 1 is 1.44 bits per heavy atom. The fourth-order valence-electron chi connectivity index (χ4n) is 1.34. The van der Waals surface area contributed by atoms with E-state index in [1.165, 1.54) is 11.8 Å². The van der Waals surface area contributed by atoms with Gasteiger partial charge in [-0.3, -0.25) is 4.79 Å². The third-order valence-corrected chi connectivity index (χ3v) is 4.58. The number of benzene rings is 1. The molecule has 0 radical (unpaired) electrons. The molecule has 0 saturated heterocycles. The number of hydrogen-bond acceptors (Lipinski definition) is 2. The maximum Gasteiger partial charge on any atom is 0.316 e. The van der Waals surface area contributed by atoms with Gasteiger partial charge in [-0.2, -0.15) is 0 Å². The summed E-state index contributed by atoms with van der Waals surface area (Å²) in [5.41, 5.74) is 1.14. The number of thioether (sulfide) groups is 1. The van der Waals surface area contributed by atoms with Crippen molar-refractivity contribution in [2.75, 3.05) is 0 Å². The maximum absolute atomic E-state index is 11.0. The van der Waals surface area contributed by atoms with Crippen molar-refractivity contribution in [3.63, 3.8) is 0 Å². The maximum atomic E-state index is 11.0. The average Bonchev–Trinajstić information content (AvgIpc) is 2.20. The minimum atomic E-state index is -0.730. The molecule has 0 bridgehead atoms. The molecule has 0 aromatic heterocycles. The Balaban J connectivity index is 2.63. The number of halogens is 1. The first-order valence-corrected chi connectivity index (χ1v) is 6.94.